The number of methoxy groups -OCH3 is 1. The van der Waals surface area contributed by atoms with Gasteiger partial charge in [-0.15, -0.1) is 0 Å². The van der Waals surface area contributed by atoms with Gasteiger partial charge in [0.2, 0.25) is 0 Å². The van der Waals surface area contributed by atoms with E-state index in [0.29, 0.717) is 12.2 Å². The summed E-state index contributed by atoms with van der Waals surface area (Å²) in [6.07, 6.45) is 0.770. The Bertz CT molecular complexity index is 706. The number of anilines is 1. The molecule has 6 heteroatoms. The topological polar surface area (TPSA) is 88.2 Å². The summed E-state index contributed by atoms with van der Waals surface area (Å²) in [5.41, 5.74) is 1.91. The molecule has 0 atom stereocenters. The van der Waals surface area contributed by atoms with E-state index in [9.17, 15) is 10.1 Å². The normalized spacial score (nSPS) is 9.82. The van der Waals surface area contributed by atoms with Crippen LogP contribution in [0.25, 0.3) is 0 Å². The number of benzene rings is 2. The van der Waals surface area contributed by atoms with Gasteiger partial charge < -0.3 is 10.1 Å². The zero-order valence-corrected chi connectivity index (χ0v) is 12.1. The first-order valence-electron chi connectivity index (χ1n) is 6.69. The maximum absolute atomic E-state index is 10.7. The molecule has 0 bridgehead atoms. The van der Waals surface area contributed by atoms with E-state index in [2.05, 4.69) is 5.32 Å². The fourth-order valence-corrected chi connectivity index (χ4v) is 2.03. The number of nitrogens with zero attached hydrogens (tertiary/aromatic N) is 2. The highest BCUT2D eigenvalue weighted by atomic mass is 16.6. The van der Waals surface area contributed by atoms with Crippen LogP contribution in [0.2, 0.25) is 0 Å². The number of nitriles is 1. The molecule has 1 N–H and O–H groups in total. The molecule has 0 aromatic heterocycles. The molecule has 6 nitrogen and oxygen atoms in total. The molecule has 0 amide bonds. The van der Waals surface area contributed by atoms with Crippen molar-refractivity contribution in [3.63, 3.8) is 0 Å². The Hall–Kier alpha value is -3.07. The van der Waals surface area contributed by atoms with Gasteiger partial charge in [-0.3, -0.25) is 10.1 Å². The lowest BCUT2D eigenvalue weighted by Gasteiger charge is -2.08. The molecule has 0 fully saturated rings. The standard InChI is InChI=1S/C16H15N3O3/c1-22-15-5-2-12(3-6-15)8-9-18-16-7-4-14(19(20)21)10-13(16)11-17/h2-7,10,18H,8-9H2,1H3. The second kappa shape index (κ2) is 7.09. The summed E-state index contributed by atoms with van der Waals surface area (Å²) in [5.74, 6) is 0.804. The van der Waals surface area contributed by atoms with E-state index in [1.54, 1.807) is 13.2 Å². The quantitative estimate of drug-likeness (QED) is 0.653. The summed E-state index contributed by atoms with van der Waals surface area (Å²) in [4.78, 5) is 10.2. The third kappa shape index (κ3) is 3.73. The molecule has 0 heterocycles. The zero-order valence-electron chi connectivity index (χ0n) is 12.1. The maximum atomic E-state index is 10.7. The minimum atomic E-state index is -0.512. The molecule has 0 saturated carbocycles. The smallest absolute Gasteiger partial charge is 0.270 e. The Kier molecular flexibility index (Phi) is 4.94. The van der Waals surface area contributed by atoms with E-state index in [1.165, 1.54) is 12.1 Å². The molecule has 0 saturated heterocycles. The number of nitrogens with one attached hydrogen (secondary N) is 1. The van der Waals surface area contributed by atoms with Crippen LogP contribution in [-0.2, 0) is 6.42 Å². The minimum Gasteiger partial charge on any atom is -0.497 e. The molecular weight excluding hydrogens is 282 g/mol. The largest absolute Gasteiger partial charge is 0.497 e. The first-order chi connectivity index (χ1) is 10.6. The van der Waals surface area contributed by atoms with Gasteiger partial charge in [0.25, 0.3) is 5.69 Å². The molecule has 112 valence electrons. The summed E-state index contributed by atoms with van der Waals surface area (Å²) in [5, 5.41) is 22.9. The number of ether oxygens (including phenoxy) is 1. The average Bonchev–Trinajstić information content (AvgIpc) is 2.55. The van der Waals surface area contributed by atoms with Gasteiger partial charge in [0.05, 0.1) is 23.3 Å². The number of rotatable bonds is 6. The minimum absolute atomic E-state index is 0.0859. The van der Waals surface area contributed by atoms with Crippen molar-refractivity contribution in [1.29, 1.82) is 5.26 Å². The molecule has 0 aliphatic heterocycles. The molecule has 0 aliphatic rings. The van der Waals surface area contributed by atoms with Crippen LogP contribution in [0, 0.1) is 21.4 Å². The molecule has 0 aliphatic carbocycles. The predicted molar refractivity (Wildman–Crippen MR) is 83.0 cm³/mol. The van der Waals surface area contributed by atoms with Crippen molar-refractivity contribution >= 4 is 11.4 Å². The van der Waals surface area contributed by atoms with E-state index in [-0.39, 0.29) is 11.3 Å². The van der Waals surface area contributed by atoms with Crippen molar-refractivity contribution in [2.45, 2.75) is 6.42 Å². The lowest BCUT2D eigenvalue weighted by Crippen LogP contribution is -2.06. The van der Waals surface area contributed by atoms with Crippen LogP contribution in [0.4, 0.5) is 11.4 Å². The maximum Gasteiger partial charge on any atom is 0.270 e. The molecule has 0 unspecified atom stereocenters. The number of non-ortho nitro benzene ring substituents is 1. The van der Waals surface area contributed by atoms with Gasteiger partial charge in [-0.05, 0) is 30.2 Å². The first kappa shape index (κ1) is 15.3. The Labute approximate surface area is 128 Å². The average molecular weight is 297 g/mol. The molecule has 2 aromatic rings. The fourth-order valence-electron chi connectivity index (χ4n) is 2.03. The monoisotopic (exact) mass is 297 g/mol. The van der Waals surface area contributed by atoms with Crippen LogP contribution < -0.4 is 10.1 Å². The predicted octanol–water partition coefficient (Wildman–Crippen LogP) is 3.13. The van der Waals surface area contributed by atoms with E-state index in [4.69, 9.17) is 10.00 Å². The molecule has 2 rings (SSSR count). The first-order valence-corrected chi connectivity index (χ1v) is 6.69. The third-order valence-corrected chi connectivity index (χ3v) is 3.22. The highest BCUT2D eigenvalue weighted by molar-refractivity contribution is 5.61. The zero-order chi connectivity index (χ0) is 15.9. The summed E-state index contributed by atoms with van der Waals surface area (Å²) in [6.45, 7) is 0.624. The third-order valence-electron chi connectivity index (χ3n) is 3.22. The van der Waals surface area contributed by atoms with Gasteiger partial charge in [-0.25, -0.2) is 0 Å². The van der Waals surface area contributed by atoms with Crippen molar-refractivity contribution in [3.05, 3.63) is 63.7 Å². The van der Waals surface area contributed by atoms with Crippen LogP contribution in [0.15, 0.2) is 42.5 Å². The fraction of sp³-hybridized carbons (Fsp3) is 0.188. The van der Waals surface area contributed by atoms with Gasteiger partial charge in [-0.1, -0.05) is 12.1 Å². The van der Waals surface area contributed by atoms with Crippen LogP contribution >= 0.6 is 0 Å². The molecule has 2 aromatic carbocycles. The Morgan fingerprint density at radius 3 is 2.59 bits per heavy atom. The van der Waals surface area contributed by atoms with Crippen molar-refractivity contribution in [1.82, 2.24) is 0 Å². The van der Waals surface area contributed by atoms with Crippen molar-refractivity contribution in [2.24, 2.45) is 0 Å². The number of hydrogen-bond acceptors (Lipinski definition) is 5. The van der Waals surface area contributed by atoms with Gasteiger partial charge in [-0.2, -0.15) is 5.26 Å². The van der Waals surface area contributed by atoms with Crippen LogP contribution in [0.5, 0.6) is 5.75 Å². The Balaban J connectivity index is 1.99. The Morgan fingerprint density at radius 2 is 2.00 bits per heavy atom. The highest BCUT2D eigenvalue weighted by Crippen LogP contribution is 2.21. The molecule has 22 heavy (non-hydrogen) atoms. The van der Waals surface area contributed by atoms with E-state index >= 15 is 0 Å². The molecular formula is C16H15N3O3. The van der Waals surface area contributed by atoms with Crippen molar-refractivity contribution in [3.8, 4) is 11.8 Å². The lowest BCUT2D eigenvalue weighted by molar-refractivity contribution is -0.384. The summed E-state index contributed by atoms with van der Waals surface area (Å²) in [7, 11) is 1.62. The van der Waals surface area contributed by atoms with E-state index < -0.39 is 4.92 Å². The second-order valence-corrected chi connectivity index (χ2v) is 4.62. The van der Waals surface area contributed by atoms with Gasteiger partial charge in [0, 0.05) is 18.7 Å². The number of nitro benzene ring substituents is 1. The van der Waals surface area contributed by atoms with Crippen LogP contribution in [0.3, 0.4) is 0 Å². The van der Waals surface area contributed by atoms with Crippen molar-refractivity contribution < 1.29 is 9.66 Å². The SMILES string of the molecule is COc1ccc(CCNc2ccc([N+](=O)[O-])cc2C#N)cc1. The molecule has 0 radical (unpaired) electrons. The van der Waals surface area contributed by atoms with Gasteiger partial charge in [0.15, 0.2) is 0 Å². The number of hydrogen-bond donors (Lipinski definition) is 1. The second-order valence-electron chi connectivity index (χ2n) is 4.62. The van der Waals surface area contributed by atoms with Gasteiger partial charge >= 0.3 is 0 Å². The lowest BCUT2D eigenvalue weighted by atomic mass is 10.1. The van der Waals surface area contributed by atoms with Crippen molar-refractivity contribution in [2.75, 3.05) is 19.0 Å². The van der Waals surface area contributed by atoms with E-state index in [0.717, 1.165) is 17.7 Å². The molecule has 0 spiro atoms. The van der Waals surface area contributed by atoms with Crippen LogP contribution in [0.1, 0.15) is 11.1 Å². The number of nitro groups is 1. The summed E-state index contributed by atoms with van der Waals surface area (Å²) in [6, 6.07) is 13.9. The summed E-state index contributed by atoms with van der Waals surface area (Å²) >= 11 is 0. The van der Waals surface area contributed by atoms with Crippen LogP contribution in [-0.4, -0.2) is 18.6 Å². The highest BCUT2D eigenvalue weighted by Gasteiger charge is 2.10. The Morgan fingerprint density at radius 1 is 1.27 bits per heavy atom. The summed E-state index contributed by atoms with van der Waals surface area (Å²) < 4.78 is 5.10. The van der Waals surface area contributed by atoms with E-state index in [1.807, 2.05) is 30.3 Å². The van der Waals surface area contributed by atoms with Gasteiger partial charge in [0.1, 0.15) is 11.8 Å².